The predicted octanol–water partition coefficient (Wildman–Crippen LogP) is 2.89. The minimum Gasteiger partial charge on any atom is -0.461 e. The highest BCUT2D eigenvalue weighted by atomic mass is 16.3. The van der Waals surface area contributed by atoms with Crippen molar-refractivity contribution in [2.24, 2.45) is 5.92 Å². The van der Waals surface area contributed by atoms with Gasteiger partial charge >= 0.3 is 0 Å². The third kappa shape index (κ3) is 4.63. The van der Waals surface area contributed by atoms with Gasteiger partial charge in [-0.1, -0.05) is 37.3 Å². The van der Waals surface area contributed by atoms with E-state index in [0.717, 1.165) is 17.7 Å². The Balaban J connectivity index is 1.60. The van der Waals surface area contributed by atoms with Gasteiger partial charge < -0.3 is 15.1 Å². The van der Waals surface area contributed by atoms with Gasteiger partial charge in [0.25, 0.3) is 0 Å². The molecule has 3 rings (SSSR count). The summed E-state index contributed by atoms with van der Waals surface area (Å²) < 4.78 is 5.75. The number of rotatable bonds is 7. The largest absolute Gasteiger partial charge is 0.461 e. The molecule has 2 N–H and O–H groups in total. The molecule has 1 aliphatic carbocycles. The van der Waals surface area contributed by atoms with E-state index in [1.54, 1.807) is 13.1 Å². The molecule has 0 aliphatic heterocycles. The van der Waals surface area contributed by atoms with Gasteiger partial charge in [-0.2, -0.15) is 0 Å². The van der Waals surface area contributed by atoms with Gasteiger partial charge in [-0.15, -0.1) is 0 Å². The number of nitrogens with one attached hydrogen (secondary N) is 2. The summed E-state index contributed by atoms with van der Waals surface area (Å²) in [4.78, 5) is 24.3. The molecule has 0 bridgehead atoms. The van der Waals surface area contributed by atoms with Crippen LogP contribution in [0.2, 0.25) is 0 Å². The number of carbonyl (C=O) groups is 2. The zero-order valence-electron chi connectivity index (χ0n) is 15.1. The van der Waals surface area contributed by atoms with Crippen molar-refractivity contribution in [1.29, 1.82) is 0 Å². The maximum atomic E-state index is 12.2. The normalized spacial score (nSPS) is 19.9. The Bertz CT molecular complexity index is 795. The van der Waals surface area contributed by atoms with E-state index in [9.17, 15) is 9.59 Å². The molecule has 1 heterocycles. The van der Waals surface area contributed by atoms with Crippen molar-refractivity contribution in [3.8, 4) is 0 Å². The molecule has 1 saturated carbocycles. The van der Waals surface area contributed by atoms with Crippen molar-refractivity contribution in [1.82, 2.24) is 10.6 Å². The van der Waals surface area contributed by atoms with Gasteiger partial charge in [0.15, 0.2) is 0 Å². The molecule has 2 aromatic rings. The van der Waals surface area contributed by atoms with E-state index >= 15 is 0 Å². The maximum absolute atomic E-state index is 12.2. The smallest absolute Gasteiger partial charge is 0.244 e. The monoisotopic (exact) mass is 352 g/mol. The molecular weight excluding hydrogens is 328 g/mol. The second-order valence-corrected chi connectivity index (χ2v) is 6.76. The van der Waals surface area contributed by atoms with Crippen molar-refractivity contribution in [2.45, 2.75) is 31.7 Å². The summed E-state index contributed by atoms with van der Waals surface area (Å²) >= 11 is 0. The first-order chi connectivity index (χ1) is 12.6. The number of furan rings is 1. The molecule has 1 fully saturated rings. The molecule has 136 valence electrons. The van der Waals surface area contributed by atoms with Crippen LogP contribution in [-0.4, -0.2) is 24.9 Å². The zero-order chi connectivity index (χ0) is 18.5. The van der Waals surface area contributed by atoms with E-state index in [1.165, 1.54) is 6.08 Å². The van der Waals surface area contributed by atoms with Gasteiger partial charge in [-0.3, -0.25) is 9.59 Å². The molecule has 26 heavy (non-hydrogen) atoms. The fraction of sp³-hybridized carbons (Fsp3) is 0.333. The van der Waals surface area contributed by atoms with Crippen molar-refractivity contribution < 1.29 is 14.0 Å². The molecule has 0 saturated heterocycles. The van der Waals surface area contributed by atoms with Crippen LogP contribution in [0.3, 0.4) is 0 Å². The minimum atomic E-state index is -0.626. The van der Waals surface area contributed by atoms with E-state index in [1.807, 2.05) is 42.5 Å². The lowest BCUT2D eigenvalue weighted by molar-refractivity contribution is -0.126. The van der Waals surface area contributed by atoms with Gasteiger partial charge in [0.1, 0.15) is 17.6 Å². The lowest BCUT2D eigenvalue weighted by atomic mass is 10.1. The zero-order valence-corrected chi connectivity index (χ0v) is 15.1. The highest BCUT2D eigenvalue weighted by Gasteiger charge is 2.36. The number of carbonyl (C=O) groups excluding carboxylic acids is 2. The molecule has 3 atom stereocenters. The second kappa shape index (κ2) is 8.04. The Morgan fingerprint density at radius 1 is 1.23 bits per heavy atom. The fourth-order valence-corrected chi connectivity index (χ4v) is 2.99. The Kier molecular flexibility index (Phi) is 5.56. The van der Waals surface area contributed by atoms with Gasteiger partial charge in [0.2, 0.25) is 11.8 Å². The lowest BCUT2D eigenvalue weighted by Gasteiger charge is -2.16. The van der Waals surface area contributed by atoms with E-state index in [0.29, 0.717) is 24.0 Å². The molecule has 0 spiro atoms. The standard InChI is InChI=1S/C21H24N2O3/c1-14-12-17(14)19-10-8-16(26-19)9-11-20(24)23-18(21(25)22-2)13-15-6-4-3-5-7-15/h3-11,14,17-18H,12-13H2,1-2H3,(H,22,25)(H,23,24)/b11-9-. The van der Waals surface area contributed by atoms with E-state index < -0.39 is 6.04 Å². The van der Waals surface area contributed by atoms with Gasteiger partial charge in [-0.25, -0.2) is 0 Å². The lowest BCUT2D eigenvalue weighted by Crippen LogP contribution is -2.46. The first-order valence-corrected chi connectivity index (χ1v) is 8.90. The Labute approximate surface area is 153 Å². The summed E-state index contributed by atoms with van der Waals surface area (Å²) in [5.41, 5.74) is 0.986. The summed E-state index contributed by atoms with van der Waals surface area (Å²) in [6.07, 6.45) is 4.63. The number of likely N-dealkylation sites (N-methyl/N-ethyl adjacent to an activating group) is 1. The average Bonchev–Trinajstić information content (AvgIpc) is 3.19. The molecule has 5 heteroatoms. The van der Waals surface area contributed by atoms with Crippen LogP contribution in [0, 0.1) is 5.92 Å². The van der Waals surface area contributed by atoms with Crippen LogP contribution >= 0.6 is 0 Å². The summed E-state index contributed by atoms with van der Waals surface area (Å²) in [5.74, 6) is 2.26. The van der Waals surface area contributed by atoms with Crippen LogP contribution in [0.4, 0.5) is 0 Å². The second-order valence-electron chi connectivity index (χ2n) is 6.76. The number of hydrogen-bond donors (Lipinski definition) is 2. The summed E-state index contributed by atoms with van der Waals surface area (Å²) in [6, 6.07) is 12.8. The molecule has 1 aromatic heterocycles. The number of hydrogen-bond acceptors (Lipinski definition) is 3. The fourth-order valence-electron chi connectivity index (χ4n) is 2.99. The summed E-state index contributed by atoms with van der Waals surface area (Å²) in [6.45, 7) is 2.20. The SMILES string of the molecule is CNC(=O)C(Cc1ccccc1)NC(=O)/C=C\c1ccc(C2CC2C)o1. The highest BCUT2D eigenvalue weighted by molar-refractivity contribution is 5.95. The van der Waals surface area contributed by atoms with E-state index in [4.69, 9.17) is 4.42 Å². The Morgan fingerprint density at radius 2 is 1.96 bits per heavy atom. The van der Waals surface area contributed by atoms with Crippen molar-refractivity contribution in [2.75, 3.05) is 7.05 Å². The Hall–Kier alpha value is -2.82. The van der Waals surface area contributed by atoms with Gasteiger partial charge in [-0.05, 0) is 36.1 Å². The summed E-state index contributed by atoms with van der Waals surface area (Å²) in [5, 5.41) is 5.35. The first-order valence-electron chi connectivity index (χ1n) is 8.90. The van der Waals surface area contributed by atoms with E-state index in [-0.39, 0.29) is 11.8 Å². The maximum Gasteiger partial charge on any atom is 0.244 e. The van der Waals surface area contributed by atoms with Crippen LogP contribution < -0.4 is 10.6 Å². The topological polar surface area (TPSA) is 71.3 Å². The molecular formula is C21H24N2O3. The third-order valence-corrected chi connectivity index (χ3v) is 4.68. The minimum absolute atomic E-state index is 0.224. The molecule has 5 nitrogen and oxygen atoms in total. The van der Waals surface area contributed by atoms with Crippen LogP contribution in [0.25, 0.3) is 6.08 Å². The van der Waals surface area contributed by atoms with Crippen LogP contribution in [0.5, 0.6) is 0 Å². The van der Waals surface area contributed by atoms with Crippen molar-refractivity contribution >= 4 is 17.9 Å². The van der Waals surface area contributed by atoms with Crippen molar-refractivity contribution in [3.63, 3.8) is 0 Å². The van der Waals surface area contributed by atoms with Crippen LogP contribution in [-0.2, 0) is 16.0 Å². The molecule has 2 amide bonds. The molecule has 3 unspecified atom stereocenters. The molecule has 0 radical (unpaired) electrons. The number of amides is 2. The summed E-state index contributed by atoms with van der Waals surface area (Å²) in [7, 11) is 1.56. The van der Waals surface area contributed by atoms with Crippen molar-refractivity contribution in [3.05, 3.63) is 65.6 Å². The van der Waals surface area contributed by atoms with Gasteiger partial charge in [0, 0.05) is 25.5 Å². The number of benzene rings is 1. The highest BCUT2D eigenvalue weighted by Crippen LogP contribution is 2.47. The average molecular weight is 352 g/mol. The molecule has 1 aliphatic rings. The van der Waals surface area contributed by atoms with Crippen LogP contribution in [0.15, 0.2) is 53.0 Å². The molecule has 1 aromatic carbocycles. The van der Waals surface area contributed by atoms with Crippen LogP contribution in [0.1, 0.15) is 36.3 Å². The Morgan fingerprint density at radius 3 is 2.62 bits per heavy atom. The predicted molar refractivity (Wildman–Crippen MR) is 100 cm³/mol. The van der Waals surface area contributed by atoms with Gasteiger partial charge in [0.05, 0.1) is 0 Å². The third-order valence-electron chi connectivity index (χ3n) is 4.68. The quantitative estimate of drug-likeness (QED) is 0.753. The first kappa shape index (κ1) is 18.0. The van der Waals surface area contributed by atoms with E-state index in [2.05, 4.69) is 17.6 Å².